The van der Waals surface area contributed by atoms with E-state index in [0.717, 1.165) is 12.0 Å². The number of hydrogen-bond donors (Lipinski definition) is 2. The minimum atomic E-state index is -4.37. The number of benzene rings is 1. The number of fused-ring (bicyclic) bond motifs is 1. The molecule has 2 atom stereocenters. The Labute approximate surface area is 216 Å². The highest BCUT2D eigenvalue weighted by Gasteiger charge is 2.60. The fourth-order valence-corrected chi connectivity index (χ4v) is 7.91. The molecule has 1 aromatic carbocycles. The van der Waals surface area contributed by atoms with Gasteiger partial charge >= 0.3 is 0 Å². The number of aryl methyl sites for hydroxylation is 1. The second kappa shape index (κ2) is 8.81. The maximum absolute atomic E-state index is 14.5. The number of carbonyl (C=O) groups excluding carboxylic acids is 2. The molecule has 10 heteroatoms. The van der Waals surface area contributed by atoms with Crippen molar-refractivity contribution >= 4 is 21.5 Å². The number of aromatic nitrogens is 1. The number of dihydropyridines is 1. The summed E-state index contributed by atoms with van der Waals surface area (Å²) in [5, 5.41) is 2.74. The van der Waals surface area contributed by atoms with Crippen molar-refractivity contribution in [3.05, 3.63) is 71.5 Å². The summed E-state index contributed by atoms with van der Waals surface area (Å²) in [5.41, 5.74) is 6.69. The predicted octanol–water partition coefficient (Wildman–Crippen LogP) is 3.08. The van der Waals surface area contributed by atoms with Crippen molar-refractivity contribution in [3.8, 4) is 11.6 Å². The van der Waals surface area contributed by atoms with E-state index in [1.54, 1.807) is 41.3 Å². The maximum Gasteiger partial charge on any atom is 0.249 e. The van der Waals surface area contributed by atoms with Crippen LogP contribution in [0.15, 0.2) is 65.3 Å². The van der Waals surface area contributed by atoms with Gasteiger partial charge in [0.1, 0.15) is 5.75 Å². The van der Waals surface area contributed by atoms with E-state index >= 15 is 0 Å². The number of rotatable bonds is 6. The molecular formula is C27H30N4O5S. The normalized spacial score (nSPS) is 24.9. The lowest BCUT2D eigenvalue weighted by Gasteiger charge is -2.48. The first-order valence-corrected chi connectivity index (χ1v) is 13.7. The number of nitrogens with one attached hydrogen (secondary N) is 1. The molecule has 2 aromatic rings. The lowest BCUT2D eigenvalue weighted by molar-refractivity contribution is -0.115. The smallest absolute Gasteiger partial charge is 0.249 e. The second-order valence-electron chi connectivity index (χ2n) is 10.5. The number of sulfone groups is 1. The summed E-state index contributed by atoms with van der Waals surface area (Å²) < 4.78 is 34.8. The maximum atomic E-state index is 14.5. The number of pyridine rings is 1. The lowest BCUT2D eigenvalue weighted by atomic mass is 9.96. The molecule has 194 valence electrons. The van der Waals surface area contributed by atoms with Crippen LogP contribution in [-0.4, -0.2) is 47.1 Å². The van der Waals surface area contributed by atoms with Gasteiger partial charge in [-0.15, -0.1) is 0 Å². The summed E-state index contributed by atoms with van der Waals surface area (Å²) in [5.74, 6) is -0.0136. The number of nitrogens with two attached hydrogens (primary N) is 1. The summed E-state index contributed by atoms with van der Waals surface area (Å²) in [7, 11) is -4.37. The molecule has 3 aliphatic rings. The predicted molar refractivity (Wildman–Crippen MR) is 137 cm³/mol. The number of nitrogens with zero attached hydrogens (tertiary/aromatic N) is 2. The van der Waals surface area contributed by atoms with Crippen LogP contribution >= 0.6 is 0 Å². The zero-order valence-corrected chi connectivity index (χ0v) is 21.8. The molecule has 1 saturated heterocycles. The Morgan fingerprint density at radius 1 is 1.22 bits per heavy atom. The molecule has 1 fully saturated rings. The van der Waals surface area contributed by atoms with E-state index in [9.17, 15) is 18.0 Å². The van der Waals surface area contributed by atoms with Crippen LogP contribution in [0, 0.1) is 5.92 Å². The Morgan fingerprint density at radius 2 is 2.00 bits per heavy atom. The van der Waals surface area contributed by atoms with Gasteiger partial charge in [-0.2, -0.15) is 0 Å². The minimum absolute atomic E-state index is 0.0745. The van der Waals surface area contributed by atoms with Gasteiger partial charge in [0.2, 0.25) is 26.6 Å². The van der Waals surface area contributed by atoms with Crippen molar-refractivity contribution in [2.45, 2.75) is 55.6 Å². The number of ether oxygens (including phenoxy) is 1. The monoisotopic (exact) mass is 522 g/mol. The van der Waals surface area contributed by atoms with E-state index in [1.807, 2.05) is 20.8 Å². The zero-order valence-electron chi connectivity index (χ0n) is 21.0. The summed E-state index contributed by atoms with van der Waals surface area (Å²) in [6.45, 7) is 6.39. The molecule has 2 aliphatic heterocycles. The highest BCUT2D eigenvalue weighted by Crippen LogP contribution is 2.45. The van der Waals surface area contributed by atoms with Crippen LogP contribution < -0.4 is 15.8 Å². The number of likely N-dealkylation sites (tertiary alicyclic amines) is 1. The Hall–Kier alpha value is -3.50. The van der Waals surface area contributed by atoms with Crippen LogP contribution in [0.3, 0.4) is 0 Å². The van der Waals surface area contributed by atoms with E-state index < -0.39 is 26.3 Å². The molecule has 1 aliphatic carbocycles. The molecule has 0 radical (unpaired) electrons. The van der Waals surface area contributed by atoms with E-state index in [1.165, 1.54) is 18.3 Å². The molecule has 9 nitrogen and oxygen atoms in total. The third-order valence-electron chi connectivity index (χ3n) is 7.30. The molecule has 37 heavy (non-hydrogen) atoms. The largest absolute Gasteiger partial charge is 0.439 e. The first kappa shape index (κ1) is 25.2. The van der Waals surface area contributed by atoms with Crippen molar-refractivity contribution in [3.63, 3.8) is 0 Å². The number of primary amides is 1. The molecule has 0 saturated carbocycles. The molecular weight excluding hydrogens is 492 g/mol. The topological polar surface area (TPSA) is 132 Å². The van der Waals surface area contributed by atoms with Gasteiger partial charge < -0.3 is 15.8 Å². The average Bonchev–Trinajstić information content (AvgIpc) is 3.35. The SMILES string of the molecule is CC1CN(C2(S(=O)(=O)c3cccc(Oc4ccc5c(c4)CCC5=O)n3)NC=CC=C2C(N)=O)C(C)(C)C1. The molecule has 0 bridgehead atoms. The Balaban J connectivity index is 1.58. The summed E-state index contributed by atoms with van der Waals surface area (Å²) in [6, 6.07) is 9.65. The fourth-order valence-electron chi connectivity index (χ4n) is 5.85. The Bertz CT molecular complexity index is 1460. The van der Waals surface area contributed by atoms with Crippen LogP contribution in [-0.2, 0) is 21.1 Å². The summed E-state index contributed by atoms with van der Waals surface area (Å²) in [4.78, 5) is 28.8. The molecule has 0 spiro atoms. The zero-order chi connectivity index (χ0) is 26.6. The molecule has 1 amide bonds. The van der Waals surface area contributed by atoms with Crippen LogP contribution in [0.25, 0.3) is 0 Å². The first-order valence-electron chi connectivity index (χ1n) is 12.2. The standard InChI is InChI=1S/C27H30N4O5S/c1-17-15-26(2,3)31(16-17)27(21(25(28)33)6-5-13-29-27)37(34,35)24-8-4-7-23(30-24)36-19-10-11-20-18(14-19)9-12-22(20)32/h4-8,10-11,13-14,17,29H,9,12,15-16H2,1-3H3,(H2,28,33). The van der Waals surface area contributed by atoms with Crippen LogP contribution in [0.5, 0.6) is 11.6 Å². The number of ketones is 1. The van der Waals surface area contributed by atoms with Gasteiger partial charge in [0, 0.05) is 30.1 Å². The highest BCUT2D eigenvalue weighted by atomic mass is 32.2. The van der Waals surface area contributed by atoms with Crippen molar-refractivity contribution < 1.29 is 22.7 Å². The second-order valence-corrected chi connectivity index (χ2v) is 12.5. The minimum Gasteiger partial charge on any atom is -0.439 e. The Kier molecular flexibility index (Phi) is 5.99. The first-order chi connectivity index (χ1) is 17.5. The summed E-state index contributed by atoms with van der Waals surface area (Å²) in [6.07, 6.45) is 6.36. The van der Waals surface area contributed by atoms with Gasteiger partial charge in [-0.25, -0.2) is 13.4 Å². The highest BCUT2D eigenvalue weighted by molar-refractivity contribution is 7.93. The van der Waals surface area contributed by atoms with Gasteiger partial charge in [-0.3, -0.25) is 14.5 Å². The molecule has 3 heterocycles. The molecule has 5 rings (SSSR count). The van der Waals surface area contributed by atoms with Crippen LogP contribution in [0.2, 0.25) is 0 Å². The number of allylic oxidation sites excluding steroid dienone is 2. The van der Waals surface area contributed by atoms with Gasteiger partial charge in [0.15, 0.2) is 10.8 Å². The number of Topliss-reactive ketones (excluding diaryl/α,β-unsaturated/α-hetero) is 1. The van der Waals surface area contributed by atoms with Gasteiger partial charge in [-0.05, 0) is 80.8 Å². The number of hydrogen-bond acceptors (Lipinski definition) is 8. The van der Waals surface area contributed by atoms with E-state index in [0.29, 0.717) is 30.7 Å². The third-order valence-corrected chi connectivity index (χ3v) is 9.42. The molecule has 2 unspecified atom stereocenters. The van der Waals surface area contributed by atoms with E-state index in [2.05, 4.69) is 10.3 Å². The van der Waals surface area contributed by atoms with Gasteiger partial charge in [0.05, 0.1) is 5.57 Å². The van der Waals surface area contributed by atoms with Crippen molar-refractivity contribution in [2.24, 2.45) is 11.7 Å². The number of amides is 1. The Morgan fingerprint density at radius 3 is 2.70 bits per heavy atom. The van der Waals surface area contributed by atoms with Gasteiger partial charge in [-0.1, -0.05) is 13.0 Å². The van der Waals surface area contributed by atoms with E-state index in [-0.39, 0.29) is 28.2 Å². The van der Waals surface area contributed by atoms with Crippen molar-refractivity contribution in [1.29, 1.82) is 0 Å². The lowest BCUT2D eigenvalue weighted by Crippen LogP contribution is -2.69. The fraction of sp³-hybridized carbons (Fsp3) is 0.370. The average molecular weight is 523 g/mol. The van der Waals surface area contributed by atoms with Gasteiger partial charge in [0.25, 0.3) is 0 Å². The number of carbonyl (C=O) groups is 2. The van der Waals surface area contributed by atoms with E-state index in [4.69, 9.17) is 10.5 Å². The van der Waals surface area contributed by atoms with Crippen LogP contribution in [0.4, 0.5) is 0 Å². The van der Waals surface area contributed by atoms with Crippen molar-refractivity contribution in [1.82, 2.24) is 15.2 Å². The summed E-state index contributed by atoms with van der Waals surface area (Å²) >= 11 is 0. The van der Waals surface area contributed by atoms with Crippen molar-refractivity contribution in [2.75, 3.05) is 6.54 Å². The quantitative estimate of drug-likeness (QED) is 0.592. The third kappa shape index (κ3) is 4.04. The van der Waals surface area contributed by atoms with Crippen LogP contribution in [0.1, 0.15) is 49.5 Å². The molecule has 1 aromatic heterocycles. The molecule has 3 N–H and O–H groups in total.